The van der Waals surface area contributed by atoms with Crippen LogP contribution in [0, 0.1) is 0 Å². The Bertz CT molecular complexity index is 1130. The lowest BCUT2D eigenvalue weighted by atomic mass is 10.0. The number of hydrogen-bond acceptors (Lipinski definition) is 5. The molecule has 75 heavy (non-hydrogen) atoms. The molecule has 0 bridgehead atoms. The van der Waals surface area contributed by atoms with Crippen molar-refractivity contribution >= 4 is 11.9 Å². The Hall–Kier alpha value is -1.40. The van der Waals surface area contributed by atoms with Crippen molar-refractivity contribution < 1.29 is 24.5 Å². The number of carbonyl (C=O) groups excluding carboxylic acids is 2. The average molecular weight is 1060 g/mol. The third-order valence-electron chi connectivity index (χ3n) is 16.3. The van der Waals surface area contributed by atoms with Gasteiger partial charge in [-0.25, -0.2) is 0 Å². The summed E-state index contributed by atoms with van der Waals surface area (Å²) in [5.74, 6) is -0.0191. The molecule has 0 saturated heterocycles. The Morgan fingerprint density at radius 2 is 0.627 bits per heavy atom. The van der Waals surface area contributed by atoms with Crippen molar-refractivity contribution in [3.05, 3.63) is 12.2 Å². The van der Waals surface area contributed by atoms with Gasteiger partial charge in [0.1, 0.15) is 0 Å². The minimum absolute atomic E-state index is 0.0141. The molecular formula is C69H135NO5. The second-order valence-electron chi connectivity index (χ2n) is 23.9. The summed E-state index contributed by atoms with van der Waals surface area (Å²) in [7, 11) is 0. The van der Waals surface area contributed by atoms with Crippen molar-refractivity contribution in [1.82, 2.24) is 5.32 Å². The van der Waals surface area contributed by atoms with Crippen molar-refractivity contribution in [3.63, 3.8) is 0 Å². The zero-order valence-electron chi connectivity index (χ0n) is 51.1. The first-order valence-corrected chi connectivity index (χ1v) is 34.4. The third kappa shape index (κ3) is 61.7. The zero-order valence-corrected chi connectivity index (χ0v) is 51.1. The van der Waals surface area contributed by atoms with Gasteiger partial charge >= 0.3 is 5.97 Å². The van der Waals surface area contributed by atoms with Crippen LogP contribution >= 0.6 is 0 Å². The topological polar surface area (TPSA) is 95.9 Å². The van der Waals surface area contributed by atoms with Crippen LogP contribution in [0.25, 0.3) is 0 Å². The molecule has 1 amide bonds. The molecule has 2 unspecified atom stereocenters. The Morgan fingerprint density at radius 3 is 0.947 bits per heavy atom. The number of aliphatic hydroxyl groups is 2. The van der Waals surface area contributed by atoms with Crippen LogP contribution < -0.4 is 5.32 Å². The average Bonchev–Trinajstić information content (AvgIpc) is 3.41. The van der Waals surface area contributed by atoms with E-state index in [1.54, 1.807) is 0 Å². The van der Waals surface area contributed by atoms with Crippen molar-refractivity contribution in [2.45, 2.75) is 405 Å². The number of hydrogen-bond donors (Lipinski definition) is 3. The summed E-state index contributed by atoms with van der Waals surface area (Å²) in [5, 5.41) is 23.4. The predicted octanol–water partition coefficient (Wildman–Crippen LogP) is 22.0. The van der Waals surface area contributed by atoms with E-state index in [2.05, 4.69) is 31.3 Å². The van der Waals surface area contributed by atoms with Crippen molar-refractivity contribution in [3.8, 4) is 0 Å². The number of allylic oxidation sites excluding steroid dienone is 2. The molecule has 0 aliphatic heterocycles. The third-order valence-corrected chi connectivity index (χ3v) is 16.3. The molecule has 446 valence electrons. The van der Waals surface area contributed by atoms with Crippen LogP contribution in [0.15, 0.2) is 12.2 Å². The molecule has 0 radical (unpaired) electrons. The van der Waals surface area contributed by atoms with Crippen molar-refractivity contribution in [2.75, 3.05) is 13.2 Å². The van der Waals surface area contributed by atoms with Crippen LogP contribution in [0.3, 0.4) is 0 Å². The van der Waals surface area contributed by atoms with Gasteiger partial charge in [-0.3, -0.25) is 9.59 Å². The highest BCUT2D eigenvalue weighted by Crippen LogP contribution is 2.19. The van der Waals surface area contributed by atoms with Gasteiger partial charge in [0.15, 0.2) is 0 Å². The highest BCUT2D eigenvalue weighted by atomic mass is 16.5. The lowest BCUT2D eigenvalue weighted by molar-refractivity contribution is -0.143. The molecule has 6 nitrogen and oxygen atoms in total. The highest BCUT2D eigenvalue weighted by Gasteiger charge is 2.20. The van der Waals surface area contributed by atoms with E-state index in [4.69, 9.17) is 4.74 Å². The number of unbranched alkanes of at least 4 members (excludes halogenated alkanes) is 52. The standard InChI is InChI=1S/C69H135NO5/c1-3-5-7-9-11-13-15-16-17-18-19-20-26-29-32-35-38-42-45-49-53-57-61-67(72)66(65-71)70-68(73)62-58-54-50-46-43-39-36-33-30-27-24-22-21-23-25-28-31-34-37-40-44-48-52-56-60-64-75-69(74)63-59-55-51-47-41-14-12-10-8-6-4-2/h22,24,66-67,71-72H,3-21,23,25-65H2,1-2H3,(H,70,73)/b24-22-. The quantitative estimate of drug-likeness (QED) is 0.0320. The van der Waals surface area contributed by atoms with E-state index in [0.29, 0.717) is 25.9 Å². The van der Waals surface area contributed by atoms with Gasteiger partial charge in [-0.1, -0.05) is 341 Å². The molecule has 0 heterocycles. The molecule has 0 aromatic carbocycles. The molecule has 0 aromatic heterocycles. The molecule has 0 aromatic rings. The lowest BCUT2D eigenvalue weighted by Gasteiger charge is -2.22. The fourth-order valence-electron chi connectivity index (χ4n) is 11.1. The van der Waals surface area contributed by atoms with Gasteiger partial charge in [0.2, 0.25) is 5.91 Å². The zero-order chi connectivity index (χ0) is 54.3. The van der Waals surface area contributed by atoms with E-state index in [9.17, 15) is 19.8 Å². The number of rotatable bonds is 65. The molecule has 6 heteroatoms. The summed E-state index contributed by atoms with van der Waals surface area (Å²) in [6, 6.07) is -0.544. The first-order valence-electron chi connectivity index (χ1n) is 34.4. The number of carbonyl (C=O) groups is 2. The van der Waals surface area contributed by atoms with E-state index < -0.39 is 12.1 Å². The van der Waals surface area contributed by atoms with Gasteiger partial charge in [-0.2, -0.15) is 0 Å². The molecule has 0 spiro atoms. The summed E-state index contributed by atoms with van der Waals surface area (Å²) in [4.78, 5) is 24.5. The Morgan fingerprint density at radius 1 is 0.360 bits per heavy atom. The van der Waals surface area contributed by atoms with Gasteiger partial charge in [-0.05, 0) is 51.4 Å². The number of ether oxygens (including phenoxy) is 1. The summed E-state index contributed by atoms with van der Waals surface area (Å²) in [6.07, 6.45) is 79.6. The maximum absolute atomic E-state index is 12.5. The van der Waals surface area contributed by atoms with Gasteiger partial charge in [0.25, 0.3) is 0 Å². The van der Waals surface area contributed by atoms with Crippen LogP contribution in [0.1, 0.15) is 393 Å². The predicted molar refractivity (Wildman–Crippen MR) is 329 cm³/mol. The first kappa shape index (κ1) is 73.6. The molecular weight excluding hydrogens is 923 g/mol. The number of amides is 1. The van der Waals surface area contributed by atoms with E-state index >= 15 is 0 Å². The minimum atomic E-state index is -0.667. The fraction of sp³-hybridized carbons (Fsp3) is 0.942. The summed E-state index contributed by atoms with van der Waals surface area (Å²) >= 11 is 0. The first-order chi connectivity index (χ1) is 37.0. The molecule has 0 rings (SSSR count). The van der Waals surface area contributed by atoms with Crippen LogP contribution in [0.2, 0.25) is 0 Å². The molecule has 0 saturated carbocycles. The number of esters is 1. The Labute approximate surface area is 469 Å². The Kier molecular flexibility index (Phi) is 63.9. The van der Waals surface area contributed by atoms with Crippen LogP contribution in [0.4, 0.5) is 0 Å². The van der Waals surface area contributed by atoms with Crippen LogP contribution in [-0.2, 0) is 14.3 Å². The SMILES string of the molecule is CCCCCCCCCCCCCCCCCCCCCCCCC(O)C(CO)NC(=O)CCCCCCCCCCC/C=C\CCCCCCCCCCCCCCOC(=O)CCCCCCCCCCCCC. The van der Waals surface area contributed by atoms with Gasteiger partial charge in [0, 0.05) is 12.8 Å². The van der Waals surface area contributed by atoms with E-state index in [0.717, 1.165) is 38.5 Å². The minimum Gasteiger partial charge on any atom is -0.466 e. The second kappa shape index (κ2) is 65.1. The Balaban J connectivity index is 3.40. The maximum Gasteiger partial charge on any atom is 0.305 e. The lowest BCUT2D eigenvalue weighted by Crippen LogP contribution is -2.45. The van der Waals surface area contributed by atoms with Gasteiger partial charge in [0.05, 0.1) is 25.4 Å². The van der Waals surface area contributed by atoms with Crippen molar-refractivity contribution in [2.24, 2.45) is 0 Å². The smallest absolute Gasteiger partial charge is 0.305 e. The molecule has 0 aliphatic rings. The second-order valence-corrected chi connectivity index (χ2v) is 23.9. The number of aliphatic hydroxyl groups excluding tert-OH is 2. The van der Waals surface area contributed by atoms with E-state index in [1.165, 1.54) is 321 Å². The van der Waals surface area contributed by atoms with Crippen LogP contribution in [0.5, 0.6) is 0 Å². The van der Waals surface area contributed by atoms with Gasteiger partial charge < -0.3 is 20.3 Å². The van der Waals surface area contributed by atoms with E-state index in [-0.39, 0.29) is 18.5 Å². The molecule has 3 N–H and O–H groups in total. The van der Waals surface area contributed by atoms with E-state index in [1.807, 2.05) is 0 Å². The molecule has 2 atom stereocenters. The van der Waals surface area contributed by atoms with Gasteiger partial charge in [-0.15, -0.1) is 0 Å². The monoisotopic (exact) mass is 1060 g/mol. The summed E-state index contributed by atoms with van der Waals surface area (Å²) in [6.45, 7) is 4.99. The van der Waals surface area contributed by atoms with Crippen molar-refractivity contribution in [1.29, 1.82) is 0 Å². The normalized spacial score (nSPS) is 12.5. The highest BCUT2D eigenvalue weighted by molar-refractivity contribution is 5.76. The maximum atomic E-state index is 12.5. The largest absolute Gasteiger partial charge is 0.466 e. The number of nitrogens with one attached hydrogen (secondary N) is 1. The summed E-state index contributed by atoms with van der Waals surface area (Å²) in [5.41, 5.74) is 0. The van der Waals surface area contributed by atoms with Crippen LogP contribution in [-0.4, -0.2) is 47.4 Å². The fourth-order valence-corrected chi connectivity index (χ4v) is 11.1. The molecule has 0 fully saturated rings. The molecule has 0 aliphatic carbocycles. The summed E-state index contributed by atoms with van der Waals surface area (Å²) < 4.78 is 5.47.